The normalized spacial score (nSPS) is 11.1. The second-order valence-electron chi connectivity index (χ2n) is 4.49. The third-order valence-corrected chi connectivity index (χ3v) is 3.92. The Labute approximate surface area is 122 Å². The molecule has 0 aromatic heterocycles. The average molecular weight is 304 g/mol. The van der Waals surface area contributed by atoms with E-state index in [4.69, 9.17) is 4.55 Å². The van der Waals surface area contributed by atoms with Crippen molar-refractivity contribution < 1.29 is 22.6 Å². The number of hydrogen-bond donors (Lipinski definition) is 1. The van der Waals surface area contributed by atoms with Gasteiger partial charge in [-0.15, -0.1) is 0 Å². The molecule has 2 rings (SSSR count). The van der Waals surface area contributed by atoms with Crippen LogP contribution in [0.15, 0.2) is 47.4 Å². The third-order valence-electron chi connectivity index (χ3n) is 3.07. The van der Waals surface area contributed by atoms with E-state index in [1.807, 2.05) is 0 Å². The lowest BCUT2D eigenvalue weighted by Gasteiger charge is -2.08. The van der Waals surface area contributed by atoms with Gasteiger partial charge >= 0.3 is 0 Å². The van der Waals surface area contributed by atoms with Crippen LogP contribution in [-0.4, -0.2) is 25.0 Å². The van der Waals surface area contributed by atoms with Crippen molar-refractivity contribution in [3.63, 3.8) is 0 Å². The Balaban J connectivity index is 2.52. The van der Waals surface area contributed by atoms with Crippen molar-refractivity contribution in [2.75, 3.05) is 0 Å². The van der Waals surface area contributed by atoms with Crippen molar-refractivity contribution in [2.45, 2.75) is 11.8 Å². The van der Waals surface area contributed by atoms with Gasteiger partial charge in [0.2, 0.25) is 0 Å². The number of benzene rings is 2. The Morgan fingerprint density at radius 2 is 1.76 bits per heavy atom. The van der Waals surface area contributed by atoms with Crippen LogP contribution in [0.2, 0.25) is 0 Å². The summed E-state index contributed by atoms with van der Waals surface area (Å²) in [6, 6.07) is 10.0. The first-order valence-electron chi connectivity index (χ1n) is 6.01. The molecule has 2 aromatic carbocycles. The largest absolute Gasteiger partial charge is 0.298 e. The summed E-state index contributed by atoms with van der Waals surface area (Å²) in [7, 11) is -4.31. The molecule has 0 amide bonds. The minimum Gasteiger partial charge on any atom is -0.298 e. The van der Waals surface area contributed by atoms with Crippen molar-refractivity contribution in [1.29, 1.82) is 0 Å². The SMILES string of the molecule is Cc1cc(S(=O)(=O)O)ccc1C(=O)c1ccccc1C=O. The average Bonchev–Trinajstić information content (AvgIpc) is 2.45. The van der Waals surface area contributed by atoms with Crippen LogP contribution in [-0.2, 0) is 10.1 Å². The predicted octanol–water partition coefficient (Wildman–Crippen LogP) is 2.29. The molecule has 5 nitrogen and oxygen atoms in total. The zero-order valence-electron chi connectivity index (χ0n) is 11.1. The molecule has 21 heavy (non-hydrogen) atoms. The molecule has 0 aliphatic carbocycles. The first-order valence-corrected chi connectivity index (χ1v) is 7.45. The van der Waals surface area contributed by atoms with Gasteiger partial charge in [-0.3, -0.25) is 14.1 Å². The van der Waals surface area contributed by atoms with Gasteiger partial charge < -0.3 is 0 Å². The number of carbonyl (C=O) groups excluding carboxylic acids is 2. The number of aldehydes is 1. The minimum atomic E-state index is -4.31. The monoisotopic (exact) mass is 304 g/mol. The lowest BCUT2D eigenvalue weighted by molar-refractivity contribution is 0.102. The highest BCUT2D eigenvalue weighted by Crippen LogP contribution is 2.20. The van der Waals surface area contributed by atoms with Crippen LogP contribution in [0, 0.1) is 6.92 Å². The molecule has 2 aromatic rings. The van der Waals surface area contributed by atoms with Gasteiger partial charge in [0, 0.05) is 16.7 Å². The second kappa shape index (κ2) is 5.59. The van der Waals surface area contributed by atoms with Crippen LogP contribution in [0.4, 0.5) is 0 Å². The van der Waals surface area contributed by atoms with E-state index >= 15 is 0 Å². The molecular formula is C15H12O5S. The molecule has 6 heteroatoms. The predicted molar refractivity (Wildman–Crippen MR) is 76.3 cm³/mol. The van der Waals surface area contributed by atoms with Gasteiger partial charge in [-0.2, -0.15) is 8.42 Å². The Morgan fingerprint density at radius 1 is 1.10 bits per heavy atom. The maximum atomic E-state index is 12.4. The molecule has 0 fully saturated rings. The molecule has 0 heterocycles. The van der Waals surface area contributed by atoms with Gasteiger partial charge in [0.15, 0.2) is 12.1 Å². The molecule has 108 valence electrons. The fraction of sp³-hybridized carbons (Fsp3) is 0.0667. The van der Waals surface area contributed by atoms with E-state index in [0.29, 0.717) is 11.8 Å². The fourth-order valence-electron chi connectivity index (χ4n) is 2.00. The zero-order valence-corrected chi connectivity index (χ0v) is 11.9. The smallest absolute Gasteiger partial charge is 0.294 e. The molecule has 0 atom stereocenters. The summed E-state index contributed by atoms with van der Waals surface area (Å²) < 4.78 is 31.1. The second-order valence-corrected chi connectivity index (χ2v) is 5.91. The van der Waals surface area contributed by atoms with Crippen LogP contribution >= 0.6 is 0 Å². The lowest BCUT2D eigenvalue weighted by atomic mass is 9.96. The summed E-state index contributed by atoms with van der Waals surface area (Å²) in [5.74, 6) is -0.378. The molecule has 0 bridgehead atoms. The molecule has 0 radical (unpaired) electrons. The maximum Gasteiger partial charge on any atom is 0.294 e. The van der Waals surface area contributed by atoms with E-state index in [0.717, 1.165) is 6.07 Å². The van der Waals surface area contributed by atoms with Gasteiger partial charge in [0.1, 0.15) is 0 Å². The summed E-state index contributed by atoms with van der Waals surface area (Å²) in [4.78, 5) is 23.1. The van der Waals surface area contributed by atoms with Crippen LogP contribution < -0.4 is 0 Å². The summed E-state index contributed by atoms with van der Waals surface area (Å²) in [6.45, 7) is 1.56. The summed E-state index contributed by atoms with van der Waals surface area (Å²) in [6.07, 6.45) is 0.592. The van der Waals surface area contributed by atoms with Crippen LogP contribution in [0.3, 0.4) is 0 Å². The van der Waals surface area contributed by atoms with Gasteiger partial charge in [-0.25, -0.2) is 0 Å². The van der Waals surface area contributed by atoms with Crippen molar-refractivity contribution in [3.05, 3.63) is 64.7 Å². The van der Waals surface area contributed by atoms with E-state index in [9.17, 15) is 18.0 Å². The van der Waals surface area contributed by atoms with Crippen LogP contribution in [0.5, 0.6) is 0 Å². The van der Waals surface area contributed by atoms with Gasteiger partial charge in [0.05, 0.1) is 4.90 Å². The van der Waals surface area contributed by atoms with E-state index in [2.05, 4.69) is 0 Å². The molecule has 0 saturated heterocycles. The molecule has 0 aliphatic rings. The topological polar surface area (TPSA) is 88.5 Å². The standard InChI is InChI=1S/C15H12O5S/c1-10-8-12(21(18,19)20)6-7-13(10)15(17)14-5-3-2-4-11(14)9-16/h2-9H,1H3,(H,18,19,20). The van der Waals surface area contributed by atoms with Crippen LogP contribution in [0.25, 0.3) is 0 Å². The first-order chi connectivity index (χ1) is 9.84. The Bertz CT molecular complexity index is 822. The lowest BCUT2D eigenvalue weighted by Crippen LogP contribution is -2.08. The van der Waals surface area contributed by atoms with E-state index in [1.54, 1.807) is 19.1 Å². The Morgan fingerprint density at radius 3 is 2.33 bits per heavy atom. The highest BCUT2D eigenvalue weighted by atomic mass is 32.2. The quantitative estimate of drug-likeness (QED) is 0.532. The molecule has 0 unspecified atom stereocenters. The number of aryl methyl sites for hydroxylation is 1. The molecule has 0 spiro atoms. The van der Waals surface area contributed by atoms with E-state index < -0.39 is 10.1 Å². The van der Waals surface area contributed by atoms with Crippen molar-refractivity contribution in [1.82, 2.24) is 0 Å². The number of ketones is 1. The summed E-state index contributed by atoms with van der Waals surface area (Å²) in [5.41, 5.74) is 1.18. The first kappa shape index (κ1) is 15.1. The van der Waals surface area contributed by atoms with Gasteiger partial charge in [-0.05, 0) is 30.7 Å². The van der Waals surface area contributed by atoms with E-state index in [1.165, 1.54) is 24.3 Å². The van der Waals surface area contributed by atoms with Crippen molar-refractivity contribution in [3.8, 4) is 0 Å². The van der Waals surface area contributed by atoms with Crippen LogP contribution in [0.1, 0.15) is 31.8 Å². The number of hydrogen-bond acceptors (Lipinski definition) is 4. The minimum absolute atomic E-state index is 0.246. The fourth-order valence-corrected chi connectivity index (χ4v) is 2.57. The van der Waals surface area contributed by atoms with E-state index in [-0.39, 0.29) is 27.4 Å². The summed E-state index contributed by atoms with van der Waals surface area (Å²) in [5, 5.41) is 0. The number of carbonyl (C=O) groups is 2. The van der Waals surface area contributed by atoms with Gasteiger partial charge in [-0.1, -0.05) is 24.3 Å². The highest BCUT2D eigenvalue weighted by molar-refractivity contribution is 7.85. The molecule has 1 N–H and O–H groups in total. The highest BCUT2D eigenvalue weighted by Gasteiger charge is 2.17. The summed E-state index contributed by atoms with van der Waals surface area (Å²) >= 11 is 0. The third kappa shape index (κ3) is 3.07. The zero-order chi connectivity index (χ0) is 15.6. The number of rotatable bonds is 4. The molecular weight excluding hydrogens is 292 g/mol. The molecule has 0 saturated carbocycles. The van der Waals surface area contributed by atoms with Crippen molar-refractivity contribution in [2.24, 2.45) is 0 Å². The Hall–Kier alpha value is -2.31. The van der Waals surface area contributed by atoms with Gasteiger partial charge in [0.25, 0.3) is 10.1 Å². The maximum absolute atomic E-state index is 12.4. The Kier molecular flexibility index (Phi) is 4.02. The van der Waals surface area contributed by atoms with Crippen molar-refractivity contribution >= 4 is 22.2 Å². The molecule has 0 aliphatic heterocycles.